The summed E-state index contributed by atoms with van der Waals surface area (Å²) in [5.74, 6) is -0.880. The van der Waals surface area contributed by atoms with Gasteiger partial charge in [0.25, 0.3) is 15.9 Å². The molecule has 0 fully saturated rings. The van der Waals surface area contributed by atoms with Crippen LogP contribution >= 0.6 is 11.3 Å². The lowest BCUT2D eigenvalue weighted by Crippen LogP contribution is -2.14. The molecule has 6 nitrogen and oxygen atoms in total. The van der Waals surface area contributed by atoms with Crippen LogP contribution in [0.2, 0.25) is 0 Å². The van der Waals surface area contributed by atoms with Crippen LogP contribution in [0.15, 0.2) is 77.0 Å². The van der Waals surface area contributed by atoms with Gasteiger partial charge in [-0.15, -0.1) is 11.3 Å². The van der Waals surface area contributed by atoms with E-state index >= 15 is 0 Å². The van der Waals surface area contributed by atoms with Gasteiger partial charge in [-0.1, -0.05) is 23.8 Å². The Balaban J connectivity index is 1.44. The zero-order valence-electron chi connectivity index (χ0n) is 17.8. The van der Waals surface area contributed by atoms with Gasteiger partial charge in [0.1, 0.15) is 5.82 Å². The van der Waals surface area contributed by atoms with Crippen molar-refractivity contribution in [1.29, 1.82) is 0 Å². The van der Waals surface area contributed by atoms with E-state index in [2.05, 4.69) is 21.1 Å². The molecule has 4 aromatic rings. The number of carbonyl (C=O) groups is 1. The predicted octanol–water partition coefficient (Wildman–Crippen LogP) is 5.62. The molecule has 168 valence electrons. The minimum absolute atomic E-state index is 0.0610. The fourth-order valence-corrected chi connectivity index (χ4v) is 5.01. The van der Waals surface area contributed by atoms with Gasteiger partial charge in [-0.05, 0) is 67.9 Å². The summed E-state index contributed by atoms with van der Waals surface area (Å²) in [5.41, 5.74) is 4.71. The molecule has 0 saturated carbocycles. The van der Waals surface area contributed by atoms with E-state index < -0.39 is 15.8 Å². The zero-order valence-corrected chi connectivity index (χ0v) is 19.4. The summed E-state index contributed by atoms with van der Waals surface area (Å²) in [5, 5.41) is 5.13. The quantitative estimate of drug-likeness (QED) is 0.374. The largest absolute Gasteiger partial charge is 0.298 e. The van der Waals surface area contributed by atoms with E-state index in [4.69, 9.17) is 0 Å². The molecule has 1 amide bonds. The van der Waals surface area contributed by atoms with Crippen molar-refractivity contribution in [3.8, 4) is 11.3 Å². The second-order valence-electron chi connectivity index (χ2n) is 7.45. The highest BCUT2D eigenvalue weighted by molar-refractivity contribution is 7.92. The van der Waals surface area contributed by atoms with E-state index in [0.29, 0.717) is 10.7 Å². The van der Waals surface area contributed by atoms with Gasteiger partial charge >= 0.3 is 0 Å². The van der Waals surface area contributed by atoms with Gasteiger partial charge in [-0.3, -0.25) is 14.8 Å². The van der Waals surface area contributed by atoms with Crippen LogP contribution in [0.4, 0.5) is 15.2 Å². The standard InChI is InChI=1S/C24H20FN3O3S2/c1-15-3-12-21(16(2)13-15)22-14-32-24(26-22)27-23(29)17-4-8-19(9-5-17)28-33(30,31)20-10-6-18(25)7-11-20/h3-14,28H,1-2H3,(H,26,27,29). The lowest BCUT2D eigenvalue weighted by Gasteiger charge is -2.09. The maximum Gasteiger partial charge on any atom is 0.261 e. The highest BCUT2D eigenvalue weighted by Gasteiger charge is 2.15. The number of carbonyl (C=O) groups excluding carboxylic acids is 1. The van der Waals surface area contributed by atoms with Crippen LogP contribution in [0.25, 0.3) is 11.3 Å². The Bertz CT molecular complexity index is 1410. The Morgan fingerprint density at radius 2 is 1.67 bits per heavy atom. The molecule has 33 heavy (non-hydrogen) atoms. The van der Waals surface area contributed by atoms with Crippen LogP contribution in [-0.4, -0.2) is 19.3 Å². The number of anilines is 2. The average Bonchev–Trinajstić information content (AvgIpc) is 3.22. The number of halogens is 1. The number of aromatic nitrogens is 1. The fraction of sp³-hybridized carbons (Fsp3) is 0.0833. The van der Waals surface area contributed by atoms with E-state index in [1.54, 1.807) is 0 Å². The number of rotatable bonds is 6. The van der Waals surface area contributed by atoms with Crippen molar-refractivity contribution >= 4 is 38.1 Å². The van der Waals surface area contributed by atoms with Crippen molar-refractivity contribution < 1.29 is 17.6 Å². The number of aryl methyl sites for hydroxylation is 2. The number of thiazole rings is 1. The van der Waals surface area contributed by atoms with Crippen LogP contribution in [0.1, 0.15) is 21.5 Å². The van der Waals surface area contributed by atoms with Gasteiger partial charge < -0.3 is 0 Å². The Morgan fingerprint density at radius 3 is 2.33 bits per heavy atom. The van der Waals surface area contributed by atoms with Crippen molar-refractivity contribution in [3.05, 3.63) is 94.6 Å². The summed E-state index contributed by atoms with van der Waals surface area (Å²) < 4.78 is 40.3. The third-order valence-electron chi connectivity index (χ3n) is 4.91. The fourth-order valence-electron chi connectivity index (χ4n) is 3.24. The van der Waals surface area contributed by atoms with Gasteiger partial charge in [-0.25, -0.2) is 17.8 Å². The molecular weight excluding hydrogens is 461 g/mol. The third-order valence-corrected chi connectivity index (χ3v) is 7.06. The first-order chi connectivity index (χ1) is 15.7. The molecule has 0 radical (unpaired) electrons. The van der Waals surface area contributed by atoms with Crippen LogP contribution < -0.4 is 10.0 Å². The Labute approximate surface area is 195 Å². The average molecular weight is 482 g/mol. The minimum atomic E-state index is -3.87. The molecule has 4 rings (SSSR count). The summed E-state index contributed by atoms with van der Waals surface area (Å²) in [7, 11) is -3.87. The van der Waals surface area contributed by atoms with Crippen molar-refractivity contribution in [1.82, 2.24) is 4.98 Å². The number of nitrogens with zero attached hydrogens (tertiary/aromatic N) is 1. The Hall–Kier alpha value is -3.56. The molecule has 9 heteroatoms. The topological polar surface area (TPSA) is 88.2 Å². The number of sulfonamides is 1. The molecule has 0 spiro atoms. The maximum absolute atomic E-state index is 13.0. The van der Waals surface area contributed by atoms with Crippen LogP contribution in [-0.2, 0) is 10.0 Å². The van der Waals surface area contributed by atoms with Crippen LogP contribution in [0, 0.1) is 19.7 Å². The lowest BCUT2D eigenvalue weighted by atomic mass is 10.0. The Kier molecular flexibility index (Phi) is 6.26. The van der Waals surface area contributed by atoms with Gasteiger partial charge in [0.05, 0.1) is 10.6 Å². The van der Waals surface area contributed by atoms with E-state index in [1.807, 2.05) is 31.4 Å². The van der Waals surface area contributed by atoms with Gasteiger partial charge in [0.2, 0.25) is 0 Å². The Morgan fingerprint density at radius 1 is 0.970 bits per heavy atom. The van der Waals surface area contributed by atoms with E-state index in [1.165, 1.54) is 53.3 Å². The predicted molar refractivity (Wildman–Crippen MR) is 129 cm³/mol. The molecular formula is C24H20FN3O3S2. The summed E-state index contributed by atoms with van der Waals surface area (Å²) in [6.45, 7) is 4.05. The monoisotopic (exact) mass is 481 g/mol. The van der Waals surface area contributed by atoms with E-state index in [0.717, 1.165) is 29.0 Å². The number of amides is 1. The summed E-state index contributed by atoms with van der Waals surface area (Å²) in [6.07, 6.45) is 0. The first kappa shape index (κ1) is 22.6. The molecule has 0 saturated heterocycles. The molecule has 0 bridgehead atoms. The number of hydrogen-bond donors (Lipinski definition) is 2. The maximum atomic E-state index is 13.0. The first-order valence-electron chi connectivity index (χ1n) is 9.94. The zero-order chi connectivity index (χ0) is 23.6. The van der Waals surface area contributed by atoms with Crippen molar-refractivity contribution in [2.45, 2.75) is 18.7 Å². The molecule has 0 aliphatic rings. The molecule has 1 aromatic heterocycles. The highest BCUT2D eigenvalue weighted by atomic mass is 32.2. The molecule has 0 aliphatic carbocycles. The van der Waals surface area contributed by atoms with Gasteiger partial charge in [0, 0.05) is 22.2 Å². The third kappa shape index (κ3) is 5.27. The molecule has 2 N–H and O–H groups in total. The second kappa shape index (κ2) is 9.13. The molecule has 1 heterocycles. The number of nitrogens with one attached hydrogen (secondary N) is 2. The number of hydrogen-bond acceptors (Lipinski definition) is 5. The first-order valence-corrected chi connectivity index (χ1v) is 12.3. The minimum Gasteiger partial charge on any atom is -0.298 e. The summed E-state index contributed by atoms with van der Waals surface area (Å²) >= 11 is 1.33. The SMILES string of the molecule is Cc1ccc(-c2csc(NC(=O)c3ccc(NS(=O)(=O)c4ccc(F)cc4)cc3)n2)c(C)c1. The molecule has 0 aliphatic heterocycles. The van der Waals surface area contributed by atoms with Crippen molar-refractivity contribution in [2.24, 2.45) is 0 Å². The normalized spacial score (nSPS) is 11.2. The van der Waals surface area contributed by atoms with Crippen molar-refractivity contribution in [3.63, 3.8) is 0 Å². The van der Waals surface area contributed by atoms with E-state index in [-0.39, 0.29) is 16.5 Å². The van der Waals surface area contributed by atoms with Gasteiger partial charge in [-0.2, -0.15) is 0 Å². The number of benzene rings is 3. The molecule has 3 aromatic carbocycles. The highest BCUT2D eigenvalue weighted by Crippen LogP contribution is 2.28. The summed E-state index contributed by atoms with van der Waals surface area (Å²) in [6, 6.07) is 16.6. The molecule has 0 unspecified atom stereocenters. The second-order valence-corrected chi connectivity index (χ2v) is 9.99. The van der Waals surface area contributed by atoms with E-state index in [9.17, 15) is 17.6 Å². The van der Waals surface area contributed by atoms with Crippen molar-refractivity contribution in [2.75, 3.05) is 10.0 Å². The molecule has 0 atom stereocenters. The lowest BCUT2D eigenvalue weighted by molar-refractivity contribution is 0.102. The van der Waals surface area contributed by atoms with Crippen LogP contribution in [0.3, 0.4) is 0 Å². The van der Waals surface area contributed by atoms with Gasteiger partial charge in [0.15, 0.2) is 5.13 Å². The summed E-state index contributed by atoms with van der Waals surface area (Å²) in [4.78, 5) is 17.1. The van der Waals surface area contributed by atoms with Crippen LogP contribution in [0.5, 0.6) is 0 Å². The smallest absolute Gasteiger partial charge is 0.261 e.